The largest absolute Gasteiger partial charge is 0.0735 e. The van der Waals surface area contributed by atoms with E-state index in [1.54, 1.807) is 0 Å². The summed E-state index contributed by atoms with van der Waals surface area (Å²) in [4.78, 5) is 0. The summed E-state index contributed by atoms with van der Waals surface area (Å²) in [5.41, 5.74) is 0. The fraction of sp³-hybridized carbons (Fsp3) is 1.00. The van der Waals surface area contributed by atoms with Crippen LogP contribution in [0.5, 0.6) is 0 Å². The Hall–Kier alpha value is 1.09. The van der Waals surface area contributed by atoms with Gasteiger partial charge in [-0.1, -0.05) is 13.1 Å². The van der Waals surface area contributed by atoms with Crippen LogP contribution in [0.25, 0.3) is 0 Å². The van der Waals surface area contributed by atoms with E-state index >= 15 is 0 Å². The predicted molar refractivity (Wildman–Crippen MR) is 17.5 cm³/mol. The maximum atomic E-state index is 2.15. The monoisotopic (exact) mass is 238 g/mol. The molecule has 22 valence electrons. The van der Waals surface area contributed by atoms with E-state index in [0.29, 0.717) is 0 Å². The summed E-state index contributed by atoms with van der Waals surface area (Å²) in [5, 5.41) is 0. The summed E-state index contributed by atoms with van der Waals surface area (Å²) >= 11 is 0. The fourth-order valence-corrected chi connectivity index (χ4v) is 0. The molecule has 0 heterocycles. The molecule has 0 aliphatic rings. The molecule has 0 fully saturated rings. The molecule has 0 aromatic heterocycles. The molecule has 0 N–H and O–H groups in total. The van der Waals surface area contributed by atoms with Crippen LogP contribution in [0.2, 0.25) is 13.1 Å². The van der Waals surface area contributed by atoms with Crippen LogP contribution in [-0.2, 0) is 25.8 Å². The van der Waals surface area contributed by atoms with Crippen molar-refractivity contribution in [1.29, 1.82) is 0 Å². The van der Waals surface area contributed by atoms with Gasteiger partial charge in [-0.05, 0) is 0 Å². The second-order valence-electron chi connectivity index (χ2n) is 0.500. The summed E-state index contributed by atoms with van der Waals surface area (Å²) in [7, 11) is 1.08. The van der Waals surface area contributed by atoms with Crippen LogP contribution in [0, 0.1) is 0 Å². The molecule has 2 heteroatoms. The van der Waals surface area contributed by atoms with Crippen LogP contribution >= 0.6 is 0 Å². The van der Waals surface area contributed by atoms with Gasteiger partial charge in [0, 0.05) is 35.4 Å². The molecule has 0 saturated heterocycles. The van der Waals surface area contributed by atoms with Crippen molar-refractivity contribution in [2.75, 3.05) is 0 Å². The topological polar surface area (TPSA) is 0 Å². The zero-order valence-electron chi connectivity index (χ0n) is 3.00. The number of hydrogen-bond donors (Lipinski definition) is 0. The third kappa shape index (κ3) is 11.4. The Labute approximate surface area is 48.6 Å². The SMILES string of the molecule is C[Si]C.[Hf]. The van der Waals surface area contributed by atoms with Crippen molar-refractivity contribution < 1.29 is 25.8 Å². The fourth-order valence-electron chi connectivity index (χ4n) is 0. The molecular formula is C2H6HfSi. The summed E-state index contributed by atoms with van der Waals surface area (Å²) in [6, 6.07) is 0. The zero-order chi connectivity index (χ0) is 2.71. The minimum Gasteiger partial charge on any atom is -0.0735 e. The third-order valence-corrected chi connectivity index (χ3v) is 0. The van der Waals surface area contributed by atoms with Crippen LogP contribution in [0.15, 0.2) is 0 Å². The molecule has 0 aromatic carbocycles. The first-order valence-electron chi connectivity index (χ1n) is 1.00. The van der Waals surface area contributed by atoms with Gasteiger partial charge in [-0.3, -0.25) is 0 Å². The first-order valence-corrected chi connectivity index (χ1v) is 3.00. The van der Waals surface area contributed by atoms with Gasteiger partial charge in [-0.15, -0.1) is 0 Å². The number of hydrogen-bond acceptors (Lipinski definition) is 0. The molecule has 0 aromatic rings. The summed E-state index contributed by atoms with van der Waals surface area (Å²) < 4.78 is 0. The Morgan fingerprint density at radius 3 is 1.25 bits per heavy atom. The predicted octanol–water partition coefficient (Wildman–Crippen LogP) is 0.784. The molecule has 0 aliphatic carbocycles. The minimum atomic E-state index is 0. The summed E-state index contributed by atoms with van der Waals surface area (Å²) in [6.07, 6.45) is 0. The molecule has 0 atom stereocenters. The Morgan fingerprint density at radius 1 is 1.25 bits per heavy atom. The van der Waals surface area contributed by atoms with Crippen LogP contribution in [0.4, 0.5) is 0 Å². The molecule has 0 nitrogen and oxygen atoms in total. The van der Waals surface area contributed by atoms with Crippen LogP contribution in [0.3, 0.4) is 0 Å². The second-order valence-corrected chi connectivity index (χ2v) is 1.50. The van der Waals surface area contributed by atoms with Crippen molar-refractivity contribution >= 4 is 9.52 Å². The van der Waals surface area contributed by atoms with E-state index in [-0.39, 0.29) is 25.8 Å². The molecule has 0 rings (SSSR count). The Bertz CT molecular complexity index is 6.00. The zero-order valence-corrected chi connectivity index (χ0v) is 7.59. The van der Waals surface area contributed by atoms with E-state index in [0.717, 1.165) is 9.52 Å². The first-order chi connectivity index (χ1) is 1.41. The van der Waals surface area contributed by atoms with Gasteiger partial charge < -0.3 is 0 Å². The van der Waals surface area contributed by atoms with Crippen molar-refractivity contribution in [3.8, 4) is 0 Å². The molecule has 0 saturated carbocycles. The van der Waals surface area contributed by atoms with Crippen LogP contribution in [0.1, 0.15) is 0 Å². The van der Waals surface area contributed by atoms with Gasteiger partial charge in [0.05, 0.1) is 0 Å². The van der Waals surface area contributed by atoms with Gasteiger partial charge in [0.25, 0.3) is 0 Å². The summed E-state index contributed by atoms with van der Waals surface area (Å²) in [5.74, 6) is 0. The number of rotatable bonds is 0. The van der Waals surface area contributed by atoms with E-state index < -0.39 is 0 Å². The minimum absolute atomic E-state index is 0. The van der Waals surface area contributed by atoms with Crippen molar-refractivity contribution in [2.24, 2.45) is 0 Å². The molecule has 0 bridgehead atoms. The quantitative estimate of drug-likeness (QED) is 0.546. The molecule has 0 aliphatic heterocycles. The van der Waals surface area contributed by atoms with Crippen molar-refractivity contribution in [3.05, 3.63) is 0 Å². The third-order valence-electron chi connectivity index (χ3n) is 0. The van der Waals surface area contributed by atoms with E-state index in [2.05, 4.69) is 13.1 Å². The van der Waals surface area contributed by atoms with E-state index in [1.807, 2.05) is 0 Å². The maximum absolute atomic E-state index is 2.15. The maximum Gasteiger partial charge on any atom is 0.0307 e. The first kappa shape index (κ1) is 8.92. The van der Waals surface area contributed by atoms with Crippen molar-refractivity contribution in [3.63, 3.8) is 0 Å². The van der Waals surface area contributed by atoms with Gasteiger partial charge in [-0.2, -0.15) is 0 Å². The molecule has 0 spiro atoms. The van der Waals surface area contributed by atoms with Crippen LogP contribution in [-0.4, -0.2) is 9.52 Å². The molecular weight excluding hydrogens is 231 g/mol. The van der Waals surface area contributed by atoms with E-state index in [1.165, 1.54) is 0 Å². The molecule has 0 amide bonds. The Kier molecular flexibility index (Phi) is 19.9. The Morgan fingerprint density at radius 2 is 1.25 bits per heavy atom. The molecule has 4 heavy (non-hydrogen) atoms. The van der Waals surface area contributed by atoms with E-state index in [4.69, 9.17) is 0 Å². The average molecular weight is 237 g/mol. The van der Waals surface area contributed by atoms with Crippen molar-refractivity contribution in [2.45, 2.75) is 13.1 Å². The second kappa shape index (κ2) is 8.94. The smallest absolute Gasteiger partial charge is 0.0307 e. The standard InChI is InChI=1S/C2H6Si.Hf/c1-3-2;/h1-2H3;. The normalized spacial score (nSPS) is 4.50. The van der Waals surface area contributed by atoms with E-state index in [9.17, 15) is 0 Å². The molecule has 2 radical (unpaired) electrons. The van der Waals surface area contributed by atoms with Gasteiger partial charge in [0.1, 0.15) is 0 Å². The van der Waals surface area contributed by atoms with Crippen molar-refractivity contribution in [1.82, 2.24) is 0 Å². The van der Waals surface area contributed by atoms with Gasteiger partial charge >= 0.3 is 0 Å². The average Bonchev–Trinajstić information content (AvgIpc) is 0.918. The molecule has 0 unspecified atom stereocenters. The van der Waals surface area contributed by atoms with Gasteiger partial charge in [0.15, 0.2) is 0 Å². The van der Waals surface area contributed by atoms with Gasteiger partial charge in [-0.25, -0.2) is 0 Å². The Balaban J connectivity index is 0. The summed E-state index contributed by atoms with van der Waals surface area (Å²) in [6.45, 7) is 4.31. The van der Waals surface area contributed by atoms with Gasteiger partial charge in [0.2, 0.25) is 0 Å². The van der Waals surface area contributed by atoms with Crippen LogP contribution < -0.4 is 0 Å².